The minimum Gasteiger partial charge on any atom is -0.464 e. The van der Waals surface area contributed by atoms with Gasteiger partial charge in [-0.1, -0.05) is 95.9 Å². The molecule has 0 unspecified atom stereocenters. The van der Waals surface area contributed by atoms with E-state index < -0.39 is 100 Å². The molecule has 0 heterocycles. The normalized spacial score (nSPS) is 11.2. The summed E-state index contributed by atoms with van der Waals surface area (Å²) in [5.41, 5.74) is -2.27. The first-order valence-corrected chi connectivity index (χ1v) is 47.6. The molecular weight excluding hydrogens is 1780 g/mol. The van der Waals surface area contributed by atoms with Crippen molar-refractivity contribution in [2.24, 2.45) is 27.1 Å². The highest BCUT2D eigenvalue weighted by molar-refractivity contribution is 8.01. The van der Waals surface area contributed by atoms with Crippen molar-refractivity contribution in [2.75, 3.05) is 188 Å². The van der Waals surface area contributed by atoms with Crippen molar-refractivity contribution in [3.8, 4) is 0 Å². The van der Waals surface area contributed by atoms with E-state index in [9.17, 15) is 86.3 Å². The van der Waals surface area contributed by atoms with E-state index in [4.69, 9.17) is 85.3 Å². The van der Waals surface area contributed by atoms with E-state index in [2.05, 4.69) is 19.7 Å². The van der Waals surface area contributed by atoms with Crippen molar-refractivity contribution in [3.05, 3.63) is 38.0 Å². The number of hydrogen-bond acceptors (Lipinski definition) is 42. The van der Waals surface area contributed by atoms with Crippen LogP contribution in [0.2, 0.25) is 0 Å². The zero-order chi connectivity index (χ0) is 95.1. The third-order valence-electron chi connectivity index (χ3n) is 16.1. The molecule has 0 aliphatic carbocycles. The summed E-state index contributed by atoms with van der Waals surface area (Å²) in [6, 6.07) is 0. The van der Waals surface area contributed by atoms with E-state index in [0.29, 0.717) is 19.3 Å². The molecule has 0 aromatic rings. The number of carbonyl (C=O) groups is 18. The van der Waals surface area contributed by atoms with Crippen molar-refractivity contribution in [2.45, 2.75) is 166 Å². The van der Waals surface area contributed by atoms with E-state index in [1.165, 1.54) is 0 Å². The van der Waals surface area contributed by atoms with Crippen LogP contribution in [-0.2, 0) is 172 Å². The van der Waals surface area contributed by atoms with E-state index in [1.807, 2.05) is 62.3 Å². The molecule has 0 aromatic heterocycles. The third kappa shape index (κ3) is 75.9. The molecule has 0 bridgehead atoms. The van der Waals surface area contributed by atoms with Gasteiger partial charge in [0.05, 0.1) is 83.9 Å². The van der Waals surface area contributed by atoms with Crippen molar-refractivity contribution >= 4 is 178 Å². The van der Waals surface area contributed by atoms with Gasteiger partial charge in [0.25, 0.3) is 0 Å². The Balaban J connectivity index is 0. The summed E-state index contributed by atoms with van der Waals surface area (Å²) in [6.45, 7) is 28.6. The summed E-state index contributed by atoms with van der Waals surface area (Å²) in [7, 11) is 0. The first kappa shape index (κ1) is 120. The lowest BCUT2D eigenvalue weighted by molar-refractivity contribution is -0.161. The number of hydrogen-bond donors (Lipinski definition) is 0. The standard InChI is InChI=1S/C44H70O18S3.C40H60O18S3/c1-9-33(45)54-18-19-57-36(48)13-24-63-27-39(51)60-30-44(10-2,31-61-40(52)28-64-25-14-37(49)58-22-20-55-34(46)11-16-42(3,4)5)32-62-41(53)29-65-26-15-38(50)59-23-21-56-35(47)12-17-43(6,7)8;1-7-30(41)50-15-17-53-33(44)11-21-59-24-36(47)56-27-40(9-3,28-57-37(48)25-60-22-12-34(45)54-18-16-51-31(42)8-2)29-58-38(49)26-61-23-13-35(46)55-20-19-52-32(43)10-14-39(4,5)6/h9H,1,10-32H2,2-8H3;7-8H,1-2,9-29H2,3-6H3. The minimum atomic E-state index is -1.13. The Kier molecular flexibility index (Phi) is 69.1. The molecule has 36 nitrogen and oxygen atoms in total. The van der Waals surface area contributed by atoms with Gasteiger partial charge in [-0.2, -0.15) is 0 Å². The highest BCUT2D eigenvalue weighted by atomic mass is 32.2. The highest BCUT2D eigenvalue weighted by Gasteiger charge is 2.36. The molecule has 0 aromatic carbocycles. The molecule has 0 aliphatic heterocycles. The fraction of sp³-hybridized carbons (Fsp3) is 0.714. The van der Waals surface area contributed by atoms with Crippen LogP contribution >= 0.6 is 70.6 Å². The van der Waals surface area contributed by atoms with Crippen LogP contribution in [-0.4, -0.2) is 295 Å². The first-order chi connectivity index (χ1) is 59.5. The van der Waals surface area contributed by atoms with E-state index in [0.717, 1.165) is 88.8 Å². The smallest absolute Gasteiger partial charge is 0.330 e. The Hall–Kier alpha value is -8.22. The zero-order valence-electron chi connectivity index (χ0n) is 74.6. The molecule has 0 saturated heterocycles. The van der Waals surface area contributed by atoms with Gasteiger partial charge in [0.15, 0.2) is 0 Å². The summed E-state index contributed by atoms with van der Waals surface area (Å²) < 4.78 is 92.6. The average Bonchev–Trinajstić information content (AvgIpc) is 0.865. The molecule has 0 radical (unpaired) electrons. The number of thioether (sulfide) groups is 6. The lowest BCUT2D eigenvalue weighted by Gasteiger charge is -2.31. The maximum atomic E-state index is 12.7. The Morgan fingerprint density at radius 1 is 0.214 bits per heavy atom. The van der Waals surface area contributed by atoms with Crippen LogP contribution in [0.3, 0.4) is 0 Å². The first-order valence-electron chi connectivity index (χ1n) is 40.7. The van der Waals surface area contributed by atoms with Crippen LogP contribution in [0, 0.1) is 27.1 Å². The van der Waals surface area contributed by atoms with Gasteiger partial charge in [-0.3, -0.25) is 71.9 Å². The lowest BCUT2D eigenvalue weighted by atomic mass is 9.88. The summed E-state index contributed by atoms with van der Waals surface area (Å²) >= 11 is 6.75. The van der Waals surface area contributed by atoms with Crippen molar-refractivity contribution in [1.29, 1.82) is 0 Å². The van der Waals surface area contributed by atoms with Crippen LogP contribution in [0.1, 0.15) is 166 Å². The van der Waals surface area contributed by atoms with Gasteiger partial charge in [-0.05, 0) is 48.3 Å². The van der Waals surface area contributed by atoms with Crippen LogP contribution in [0.25, 0.3) is 0 Å². The van der Waals surface area contributed by atoms with E-state index in [-0.39, 0.29) is 293 Å². The van der Waals surface area contributed by atoms with Crippen LogP contribution in [0.5, 0.6) is 0 Å². The Bertz CT molecular complexity index is 3220. The molecule has 0 amide bonds. The van der Waals surface area contributed by atoms with Gasteiger partial charge >= 0.3 is 107 Å². The molecule has 42 heteroatoms. The number of esters is 18. The van der Waals surface area contributed by atoms with Gasteiger partial charge in [-0.15, -0.1) is 70.6 Å². The molecule has 0 N–H and O–H groups in total. The maximum Gasteiger partial charge on any atom is 0.330 e. The summed E-state index contributed by atoms with van der Waals surface area (Å²) in [5.74, 6) is -9.26. The van der Waals surface area contributed by atoms with Gasteiger partial charge in [-0.25, -0.2) is 14.4 Å². The molecule has 0 fully saturated rings. The van der Waals surface area contributed by atoms with Crippen molar-refractivity contribution in [3.63, 3.8) is 0 Å². The zero-order valence-corrected chi connectivity index (χ0v) is 79.5. The second-order valence-electron chi connectivity index (χ2n) is 30.8. The van der Waals surface area contributed by atoms with Crippen LogP contribution in [0.15, 0.2) is 38.0 Å². The van der Waals surface area contributed by atoms with Crippen LogP contribution < -0.4 is 0 Å². The predicted molar refractivity (Wildman–Crippen MR) is 471 cm³/mol. The molecule has 126 heavy (non-hydrogen) atoms. The highest BCUT2D eigenvalue weighted by Crippen LogP contribution is 2.29. The summed E-state index contributed by atoms with van der Waals surface area (Å²) in [4.78, 5) is 217. The average molecular weight is 1910 g/mol. The fourth-order valence-electron chi connectivity index (χ4n) is 8.46. The lowest BCUT2D eigenvalue weighted by Crippen LogP contribution is -2.39. The maximum absolute atomic E-state index is 12.7. The van der Waals surface area contributed by atoms with Gasteiger partial charge in [0.1, 0.15) is 119 Å². The largest absolute Gasteiger partial charge is 0.464 e. The summed E-state index contributed by atoms with van der Waals surface area (Å²) in [6.07, 6.45) is 6.24. The van der Waals surface area contributed by atoms with Gasteiger partial charge < -0.3 is 85.3 Å². The molecule has 0 aliphatic rings. The molecule has 718 valence electrons. The Labute approximate surface area is 764 Å². The monoisotopic (exact) mass is 1910 g/mol. The summed E-state index contributed by atoms with van der Waals surface area (Å²) in [5, 5.41) is 0. The molecule has 0 saturated carbocycles. The SMILES string of the molecule is C=CC(=O)OCCOC(=O)CCSCC(=O)OCC(CC)(COC(=O)CSCCC(=O)OCCOC(=O)C=C)COC(=O)CSCCC(=O)OCCOC(=O)CCC(C)(C)C.C=CC(=O)OCCOC(=O)CCSCC(=O)OCC(CC)(COC(=O)CSCCC(=O)OCCOC(=O)CCC(C)(C)C)COC(=O)CSCCC(=O)OCCOC(=O)CCC(C)(C)C. The molecular formula is C84H130O36S6. The molecule has 0 spiro atoms. The van der Waals surface area contributed by atoms with Crippen molar-refractivity contribution < 1.29 is 172 Å². The number of carbonyl (C=O) groups excluding carboxylic acids is 18. The van der Waals surface area contributed by atoms with E-state index in [1.54, 1.807) is 13.8 Å². The quantitative estimate of drug-likeness (QED) is 0.0237. The molecule has 0 rings (SSSR count). The predicted octanol–water partition coefficient (Wildman–Crippen LogP) is 9.32. The van der Waals surface area contributed by atoms with E-state index >= 15 is 0 Å². The van der Waals surface area contributed by atoms with Gasteiger partial charge in [0, 0.05) is 72.0 Å². The topological polar surface area (TPSA) is 473 Å². The second kappa shape index (κ2) is 72.7. The van der Waals surface area contributed by atoms with Crippen LogP contribution in [0.4, 0.5) is 0 Å². The fourth-order valence-corrected chi connectivity index (χ4v) is 12.7. The molecule has 0 atom stereocenters. The second-order valence-corrected chi connectivity index (χ2v) is 37.4. The van der Waals surface area contributed by atoms with Crippen molar-refractivity contribution in [1.82, 2.24) is 0 Å². The number of rotatable bonds is 71. The third-order valence-corrected chi connectivity index (χ3v) is 21.7. The minimum absolute atomic E-state index is 0.000436. The van der Waals surface area contributed by atoms with Gasteiger partial charge in [0.2, 0.25) is 0 Å². The Morgan fingerprint density at radius 3 is 0.492 bits per heavy atom. The Morgan fingerprint density at radius 2 is 0.357 bits per heavy atom. The number of ether oxygens (including phenoxy) is 18.